The predicted octanol–water partition coefficient (Wildman–Crippen LogP) is 2.74. The zero-order valence-electron chi connectivity index (χ0n) is 12.8. The van der Waals surface area contributed by atoms with Crippen LogP contribution >= 0.6 is 0 Å². The molecule has 0 saturated carbocycles. The molecular formula is C15H25N3O2. The van der Waals surface area contributed by atoms with E-state index >= 15 is 0 Å². The minimum atomic E-state index is 0.284. The molecule has 112 valence electrons. The van der Waals surface area contributed by atoms with Crippen LogP contribution in [0, 0.1) is 0 Å². The van der Waals surface area contributed by atoms with Crippen molar-refractivity contribution >= 4 is 5.78 Å². The third-order valence-corrected chi connectivity index (χ3v) is 3.89. The summed E-state index contributed by atoms with van der Waals surface area (Å²) < 4.78 is 5.75. The van der Waals surface area contributed by atoms with Crippen molar-refractivity contribution in [2.45, 2.75) is 58.3 Å². The van der Waals surface area contributed by atoms with Gasteiger partial charge in [0.05, 0.1) is 0 Å². The number of ketones is 1. The van der Waals surface area contributed by atoms with Gasteiger partial charge < -0.3 is 14.1 Å². The Morgan fingerprint density at radius 1 is 1.35 bits per heavy atom. The fourth-order valence-electron chi connectivity index (χ4n) is 2.60. The van der Waals surface area contributed by atoms with Gasteiger partial charge in [-0.1, -0.05) is 13.8 Å². The lowest BCUT2D eigenvalue weighted by molar-refractivity contribution is -0.117. The summed E-state index contributed by atoms with van der Waals surface area (Å²) in [6.45, 7) is 8.93. The average Bonchev–Trinajstić information content (AvgIpc) is 2.89. The molecule has 2 rings (SSSR count). The lowest BCUT2D eigenvalue weighted by atomic mass is 9.96. The van der Waals surface area contributed by atoms with Gasteiger partial charge in [0.25, 0.3) is 0 Å². The van der Waals surface area contributed by atoms with Gasteiger partial charge in [-0.3, -0.25) is 0 Å². The number of piperidine rings is 1. The quantitative estimate of drug-likeness (QED) is 0.801. The van der Waals surface area contributed by atoms with E-state index < -0.39 is 0 Å². The highest BCUT2D eigenvalue weighted by Crippen LogP contribution is 2.28. The summed E-state index contributed by atoms with van der Waals surface area (Å²) in [7, 11) is 0. The highest BCUT2D eigenvalue weighted by atomic mass is 16.4. The molecule has 0 N–H and O–H groups in total. The molecule has 0 atom stereocenters. The Labute approximate surface area is 120 Å². The monoisotopic (exact) mass is 279 g/mol. The van der Waals surface area contributed by atoms with Gasteiger partial charge in [-0.25, -0.2) is 0 Å². The molecular weight excluding hydrogens is 254 g/mol. The van der Waals surface area contributed by atoms with Crippen molar-refractivity contribution in [2.24, 2.45) is 0 Å². The first-order chi connectivity index (χ1) is 9.56. The molecule has 0 radical (unpaired) electrons. The molecule has 1 aromatic heterocycles. The normalized spacial score (nSPS) is 17.8. The van der Waals surface area contributed by atoms with Crippen molar-refractivity contribution in [3.8, 4) is 0 Å². The van der Waals surface area contributed by atoms with Crippen molar-refractivity contribution in [2.75, 3.05) is 19.6 Å². The van der Waals surface area contributed by atoms with Crippen molar-refractivity contribution < 1.29 is 9.21 Å². The highest BCUT2D eigenvalue weighted by molar-refractivity contribution is 5.75. The van der Waals surface area contributed by atoms with E-state index in [0.717, 1.165) is 50.7 Å². The summed E-state index contributed by atoms with van der Waals surface area (Å²) in [6, 6.07) is 0. The van der Waals surface area contributed by atoms with E-state index in [9.17, 15) is 4.79 Å². The molecule has 1 aliphatic rings. The molecule has 5 heteroatoms. The lowest BCUT2D eigenvalue weighted by Gasteiger charge is -2.30. The number of carbonyl (C=O) groups is 1. The Morgan fingerprint density at radius 2 is 2.05 bits per heavy atom. The Balaban J connectivity index is 1.77. The number of Topliss-reactive ketones (excluding diaryl/α,β-unsaturated/α-hetero) is 1. The fraction of sp³-hybridized carbons (Fsp3) is 0.800. The van der Waals surface area contributed by atoms with Gasteiger partial charge >= 0.3 is 0 Å². The van der Waals surface area contributed by atoms with Crippen LogP contribution in [0.3, 0.4) is 0 Å². The summed E-state index contributed by atoms with van der Waals surface area (Å²) in [5.74, 6) is 2.52. The number of carbonyl (C=O) groups excluding carboxylic acids is 1. The van der Waals surface area contributed by atoms with Crippen LogP contribution in [0.5, 0.6) is 0 Å². The molecule has 1 saturated heterocycles. The first kappa shape index (κ1) is 15.2. The van der Waals surface area contributed by atoms with Gasteiger partial charge in [-0.15, -0.1) is 10.2 Å². The second-order valence-corrected chi connectivity index (χ2v) is 6.05. The number of rotatable bonds is 6. The van der Waals surface area contributed by atoms with Crippen LogP contribution in [0.25, 0.3) is 0 Å². The molecule has 0 bridgehead atoms. The van der Waals surface area contributed by atoms with Crippen molar-refractivity contribution in [1.82, 2.24) is 15.1 Å². The Bertz CT molecular complexity index is 434. The van der Waals surface area contributed by atoms with E-state index in [0.29, 0.717) is 18.3 Å². The first-order valence-electron chi connectivity index (χ1n) is 7.61. The Hall–Kier alpha value is -1.23. The SMILES string of the molecule is CC(=O)CCCN1CCC(c2nnc(C(C)C)o2)CC1. The maximum Gasteiger partial charge on any atom is 0.219 e. The topological polar surface area (TPSA) is 59.2 Å². The van der Waals surface area contributed by atoms with Crippen LogP contribution in [0.1, 0.15) is 70.1 Å². The van der Waals surface area contributed by atoms with Crippen molar-refractivity contribution in [3.05, 3.63) is 11.8 Å². The Kier molecular flexibility index (Phi) is 5.29. The summed E-state index contributed by atoms with van der Waals surface area (Å²) in [5, 5.41) is 8.30. The van der Waals surface area contributed by atoms with Crippen LogP contribution < -0.4 is 0 Å². The zero-order chi connectivity index (χ0) is 14.5. The van der Waals surface area contributed by atoms with Gasteiger partial charge in [-0.2, -0.15) is 0 Å². The minimum Gasteiger partial charge on any atom is -0.425 e. The van der Waals surface area contributed by atoms with Crippen molar-refractivity contribution in [1.29, 1.82) is 0 Å². The van der Waals surface area contributed by atoms with Crippen LogP contribution in [-0.4, -0.2) is 40.5 Å². The molecule has 1 aliphatic heterocycles. The summed E-state index contributed by atoms with van der Waals surface area (Å²) in [5.41, 5.74) is 0. The summed E-state index contributed by atoms with van der Waals surface area (Å²) >= 11 is 0. The third-order valence-electron chi connectivity index (χ3n) is 3.89. The smallest absolute Gasteiger partial charge is 0.219 e. The number of hydrogen-bond donors (Lipinski definition) is 0. The maximum absolute atomic E-state index is 10.9. The van der Waals surface area contributed by atoms with E-state index in [2.05, 4.69) is 28.9 Å². The zero-order valence-corrected chi connectivity index (χ0v) is 12.8. The molecule has 0 aliphatic carbocycles. The molecule has 0 spiro atoms. The van der Waals surface area contributed by atoms with Crippen molar-refractivity contribution in [3.63, 3.8) is 0 Å². The van der Waals surface area contributed by atoms with E-state index in [-0.39, 0.29) is 5.78 Å². The lowest BCUT2D eigenvalue weighted by Crippen LogP contribution is -2.33. The summed E-state index contributed by atoms with van der Waals surface area (Å²) in [4.78, 5) is 13.4. The minimum absolute atomic E-state index is 0.284. The van der Waals surface area contributed by atoms with Gasteiger partial charge in [-0.05, 0) is 45.8 Å². The first-order valence-corrected chi connectivity index (χ1v) is 7.61. The average molecular weight is 279 g/mol. The van der Waals surface area contributed by atoms with Gasteiger partial charge in [0.1, 0.15) is 5.78 Å². The highest BCUT2D eigenvalue weighted by Gasteiger charge is 2.25. The molecule has 20 heavy (non-hydrogen) atoms. The van der Waals surface area contributed by atoms with Crippen LogP contribution in [0.2, 0.25) is 0 Å². The molecule has 5 nitrogen and oxygen atoms in total. The van der Waals surface area contributed by atoms with Crippen LogP contribution in [0.15, 0.2) is 4.42 Å². The number of nitrogens with zero attached hydrogens (tertiary/aromatic N) is 3. The Morgan fingerprint density at radius 3 is 2.60 bits per heavy atom. The third kappa shape index (κ3) is 4.13. The van der Waals surface area contributed by atoms with Gasteiger partial charge in [0, 0.05) is 18.3 Å². The van der Waals surface area contributed by atoms with E-state index in [1.165, 1.54) is 0 Å². The largest absolute Gasteiger partial charge is 0.425 e. The molecule has 0 amide bonds. The molecule has 1 fully saturated rings. The molecule has 1 aromatic rings. The second kappa shape index (κ2) is 6.97. The second-order valence-electron chi connectivity index (χ2n) is 6.05. The van der Waals surface area contributed by atoms with E-state index in [1.807, 2.05) is 0 Å². The maximum atomic E-state index is 10.9. The number of hydrogen-bond acceptors (Lipinski definition) is 5. The number of likely N-dealkylation sites (tertiary alicyclic amines) is 1. The predicted molar refractivity (Wildman–Crippen MR) is 76.7 cm³/mol. The van der Waals surface area contributed by atoms with Crippen LogP contribution in [0.4, 0.5) is 0 Å². The standard InChI is InChI=1S/C15H25N3O2/c1-11(2)14-16-17-15(20-14)13-6-9-18(10-7-13)8-4-5-12(3)19/h11,13H,4-10H2,1-3H3. The van der Waals surface area contributed by atoms with Gasteiger partial charge in [0.15, 0.2) is 0 Å². The van der Waals surface area contributed by atoms with Crippen LogP contribution in [-0.2, 0) is 4.79 Å². The van der Waals surface area contributed by atoms with E-state index in [4.69, 9.17) is 4.42 Å². The van der Waals surface area contributed by atoms with Gasteiger partial charge in [0.2, 0.25) is 11.8 Å². The molecule has 2 heterocycles. The summed E-state index contributed by atoms with van der Waals surface area (Å²) in [6.07, 6.45) is 3.80. The van der Waals surface area contributed by atoms with E-state index in [1.54, 1.807) is 6.92 Å². The number of aromatic nitrogens is 2. The molecule has 0 unspecified atom stereocenters. The fourth-order valence-corrected chi connectivity index (χ4v) is 2.60. The molecule has 0 aromatic carbocycles.